The van der Waals surface area contributed by atoms with Crippen LogP contribution in [-0.4, -0.2) is 32.6 Å². The average Bonchev–Trinajstić information content (AvgIpc) is 2.96. The molecule has 0 spiro atoms. The summed E-state index contributed by atoms with van der Waals surface area (Å²) in [7, 11) is 0. The summed E-state index contributed by atoms with van der Waals surface area (Å²) in [6, 6.07) is 3.07. The lowest BCUT2D eigenvalue weighted by Gasteiger charge is -2.17. The molecule has 0 aliphatic carbocycles. The molecule has 22 heavy (non-hydrogen) atoms. The topological polar surface area (TPSA) is 108 Å². The number of aromatic nitrogens is 4. The van der Waals surface area contributed by atoms with Gasteiger partial charge < -0.3 is 16.0 Å². The highest BCUT2D eigenvalue weighted by molar-refractivity contribution is 5.99. The number of aromatic amines is 1. The molecule has 110 valence electrons. The Kier molecular flexibility index (Phi) is 2.65. The standard InChI is InChI=1S/C13H10FN7O/c14-8-2-7(1-6-3-17-21-11(6)8)18-13-16-4-9-12(20-13)15-5-10(22)19-9/h1-4H,5H2,(H,17,21)(H,19,22)(H2,15,16,18,20). The summed E-state index contributed by atoms with van der Waals surface area (Å²) >= 11 is 0. The molecule has 0 bridgehead atoms. The van der Waals surface area contributed by atoms with E-state index in [1.165, 1.54) is 18.5 Å². The Morgan fingerprint density at radius 1 is 1.27 bits per heavy atom. The van der Waals surface area contributed by atoms with Crippen LogP contribution in [0.3, 0.4) is 0 Å². The number of anilines is 4. The third kappa shape index (κ3) is 2.08. The molecular weight excluding hydrogens is 289 g/mol. The summed E-state index contributed by atoms with van der Waals surface area (Å²) in [5.41, 5.74) is 1.37. The first-order valence-corrected chi connectivity index (χ1v) is 6.49. The minimum Gasteiger partial charge on any atom is -0.359 e. The van der Waals surface area contributed by atoms with E-state index in [1.54, 1.807) is 6.07 Å². The summed E-state index contributed by atoms with van der Waals surface area (Å²) in [6.07, 6.45) is 3.02. The fourth-order valence-corrected chi connectivity index (χ4v) is 2.24. The van der Waals surface area contributed by atoms with Gasteiger partial charge in [0, 0.05) is 11.1 Å². The van der Waals surface area contributed by atoms with Gasteiger partial charge in [0.05, 0.1) is 18.9 Å². The largest absolute Gasteiger partial charge is 0.359 e. The Labute approximate surface area is 123 Å². The number of amides is 1. The quantitative estimate of drug-likeness (QED) is 0.572. The van der Waals surface area contributed by atoms with E-state index in [0.717, 1.165) is 0 Å². The van der Waals surface area contributed by atoms with Gasteiger partial charge in [-0.1, -0.05) is 0 Å². The van der Waals surface area contributed by atoms with Crippen LogP contribution in [0, 0.1) is 5.82 Å². The van der Waals surface area contributed by atoms with Crippen molar-refractivity contribution in [1.82, 2.24) is 20.2 Å². The van der Waals surface area contributed by atoms with Gasteiger partial charge in [0.2, 0.25) is 11.9 Å². The molecule has 0 atom stereocenters. The molecule has 4 N–H and O–H groups in total. The average molecular weight is 299 g/mol. The summed E-state index contributed by atoms with van der Waals surface area (Å²) in [4.78, 5) is 19.6. The van der Waals surface area contributed by atoms with E-state index >= 15 is 0 Å². The minimum atomic E-state index is -0.416. The van der Waals surface area contributed by atoms with Gasteiger partial charge in [-0.2, -0.15) is 10.1 Å². The third-order valence-electron chi connectivity index (χ3n) is 3.24. The summed E-state index contributed by atoms with van der Waals surface area (Å²) in [5, 5.41) is 15.5. The summed E-state index contributed by atoms with van der Waals surface area (Å²) < 4.78 is 13.9. The van der Waals surface area contributed by atoms with Crippen LogP contribution in [0.15, 0.2) is 24.5 Å². The SMILES string of the molecule is O=C1CNc2nc(Nc3cc(F)c4[nH]ncc4c3)ncc2N1. The summed E-state index contributed by atoms with van der Waals surface area (Å²) in [5.74, 6) is 0.247. The van der Waals surface area contributed by atoms with Crippen molar-refractivity contribution in [2.75, 3.05) is 22.5 Å². The number of hydrogen-bond acceptors (Lipinski definition) is 6. The normalized spacial score (nSPS) is 13.4. The first-order valence-electron chi connectivity index (χ1n) is 6.49. The van der Waals surface area contributed by atoms with Gasteiger partial charge in [-0.05, 0) is 12.1 Å². The van der Waals surface area contributed by atoms with Gasteiger partial charge in [0.25, 0.3) is 0 Å². The lowest BCUT2D eigenvalue weighted by Crippen LogP contribution is -2.28. The molecule has 1 amide bonds. The molecule has 0 fully saturated rings. The van der Waals surface area contributed by atoms with Crippen LogP contribution in [0.4, 0.5) is 27.5 Å². The number of fused-ring (bicyclic) bond motifs is 2. The predicted octanol–water partition coefficient (Wildman–Crippen LogP) is 1.60. The van der Waals surface area contributed by atoms with Crippen LogP contribution in [0.25, 0.3) is 10.9 Å². The molecule has 1 aliphatic heterocycles. The Balaban J connectivity index is 1.66. The zero-order valence-electron chi connectivity index (χ0n) is 11.1. The van der Waals surface area contributed by atoms with E-state index in [2.05, 4.69) is 36.1 Å². The van der Waals surface area contributed by atoms with Gasteiger partial charge in [-0.15, -0.1) is 0 Å². The van der Waals surface area contributed by atoms with Gasteiger partial charge in [-0.3, -0.25) is 9.89 Å². The van der Waals surface area contributed by atoms with Gasteiger partial charge in [0.15, 0.2) is 11.6 Å². The van der Waals surface area contributed by atoms with Crippen LogP contribution < -0.4 is 16.0 Å². The van der Waals surface area contributed by atoms with Crippen molar-refractivity contribution in [3.8, 4) is 0 Å². The number of nitrogens with one attached hydrogen (secondary N) is 4. The molecule has 3 heterocycles. The number of hydrogen-bond donors (Lipinski definition) is 4. The fraction of sp³-hybridized carbons (Fsp3) is 0.0769. The predicted molar refractivity (Wildman–Crippen MR) is 78.5 cm³/mol. The highest BCUT2D eigenvalue weighted by atomic mass is 19.1. The van der Waals surface area contributed by atoms with Crippen molar-refractivity contribution in [2.45, 2.75) is 0 Å². The second-order valence-corrected chi connectivity index (χ2v) is 4.77. The summed E-state index contributed by atoms with van der Waals surface area (Å²) in [6.45, 7) is 0.152. The lowest BCUT2D eigenvalue weighted by atomic mass is 10.2. The van der Waals surface area contributed by atoms with Crippen LogP contribution in [0.2, 0.25) is 0 Å². The van der Waals surface area contributed by atoms with E-state index in [9.17, 15) is 9.18 Å². The van der Waals surface area contributed by atoms with Crippen LogP contribution in [-0.2, 0) is 4.79 Å². The fourth-order valence-electron chi connectivity index (χ4n) is 2.24. The van der Waals surface area contributed by atoms with E-state index in [4.69, 9.17) is 0 Å². The van der Waals surface area contributed by atoms with Crippen molar-refractivity contribution in [3.63, 3.8) is 0 Å². The van der Waals surface area contributed by atoms with Crippen molar-refractivity contribution < 1.29 is 9.18 Å². The number of carbonyl (C=O) groups is 1. The van der Waals surface area contributed by atoms with E-state index in [-0.39, 0.29) is 12.5 Å². The molecule has 3 aromatic rings. The molecule has 9 heteroatoms. The van der Waals surface area contributed by atoms with Gasteiger partial charge in [-0.25, -0.2) is 9.37 Å². The first kappa shape index (κ1) is 12.5. The van der Waals surface area contributed by atoms with Crippen molar-refractivity contribution in [3.05, 3.63) is 30.3 Å². The smallest absolute Gasteiger partial charge is 0.243 e. The van der Waals surface area contributed by atoms with Crippen LogP contribution in [0.1, 0.15) is 0 Å². The molecule has 0 saturated heterocycles. The maximum Gasteiger partial charge on any atom is 0.243 e. The lowest BCUT2D eigenvalue weighted by molar-refractivity contribution is -0.114. The number of carbonyl (C=O) groups excluding carboxylic acids is 1. The maximum atomic E-state index is 13.9. The first-order chi connectivity index (χ1) is 10.7. The number of benzene rings is 1. The second-order valence-electron chi connectivity index (χ2n) is 4.77. The molecule has 1 aromatic carbocycles. The van der Waals surface area contributed by atoms with Crippen molar-refractivity contribution in [2.24, 2.45) is 0 Å². The third-order valence-corrected chi connectivity index (χ3v) is 3.24. The van der Waals surface area contributed by atoms with E-state index in [0.29, 0.717) is 34.0 Å². The van der Waals surface area contributed by atoms with E-state index in [1.807, 2.05) is 0 Å². The number of H-pyrrole nitrogens is 1. The van der Waals surface area contributed by atoms with Gasteiger partial charge in [0.1, 0.15) is 11.2 Å². The number of nitrogens with zero attached hydrogens (tertiary/aromatic N) is 3. The van der Waals surface area contributed by atoms with Crippen molar-refractivity contribution >= 4 is 40.0 Å². The molecule has 0 saturated carbocycles. The Morgan fingerprint density at radius 3 is 3.09 bits per heavy atom. The number of rotatable bonds is 2. The minimum absolute atomic E-state index is 0.149. The molecule has 4 rings (SSSR count). The number of halogens is 1. The zero-order chi connectivity index (χ0) is 15.1. The Bertz CT molecular complexity index is 891. The molecule has 0 radical (unpaired) electrons. The molecule has 8 nitrogen and oxygen atoms in total. The van der Waals surface area contributed by atoms with Crippen molar-refractivity contribution in [1.29, 1.82) is 0 Å². The Hall–Kier alpha value is -3.23. The van der Waals surface area contributed by atoms with Gasteiger partial charge >= 0.3 is 0 Å². The molecule has 2 aromatic heterocycles. The Morgan fingerprint density at radius 2 is 2.18 bits per heavy atom. The highest BCUT2D eigenvalue weighted by Crippen LogP contribution is 2.26. The second kappa shape index (κ2) is 4.65. The van der Waals surface area contributed by atoms with Crippen LogP contribution >= 0.6 is 0 Å². The van der Waals surface area contributed by atoms with Crippen LogP contribution in [0.5, 0.6) is 0 Å². The molecular formula is C13H10FN7O. The zero-order valence-corrected chi connectivity index (χ0v) is 11.1. The molecule has 0 unspecified atom stereocenters. The maximum absolute atomic E-state index is 13.9. The molecule has 1 aliphatic rings. The highest BCUT2D eigenvalue weighted by Gasteiger charge is 2.16. The van der Waals surface area contributed by atoms with E-state index < -0.39 is 5.82 Å². The monoisotopic (exact) mass is 299 g/mol.